The van der Waals surface area contributed by atoms with E-state index in [2.05, 4.69) is 5.43 Å². The summed E-state index contributed by atoms with van der Waals surface area (Å²) in [6.07, 6.45) is 3.56. The highest BCUT2D eigenvalue weighted by molar-refractivity contribution is 5.78. The van der Waals surface area contributed by atoms with Gasteiger partial charge in [-0.1, -0.05) is 43.7 Å². The van der Waals surface area contributed by atoms with Crippen molar-refractivity contribution in [3.63, 3.8) is 0 Å². The van der Waals surface area contributed by atoms with Gasteiger partial charge in [-0.25, -0.2) is 5.01 Å². The number of benzene rings is 1. The highest BCUT2D eigenvalue weighted by Crippen LogP contribution is 2.19. The van der Waals surface area contributed by atoms with Crippen molar-refractivity contribution < 1.29 is 4.79 Å². The van der Waals surface area contributed by atoms with E-state index in [-0.39, 0.29) is 17.9 Å². The predicted octanol–water partition coefficient (Wildman–Crippen LogP) is 1.84. The van der Waals surface area contributed by atoms with Crippen LogP contribution >= 0.6 is 0 Å². The first-order valence-electron chi connectivity index (χ1n) is 7.04. The standard InChI is InChI=1S/C15H23N3O/c1-12(14(16)13-8-4-2-5-9-13)15(19)17-18-10-6-3-7-11-18/h2,4-5,8-9,12,14H,3,6-7,10-11,16H2,1H3,(H,17,19). The summed E-state index contributed by atoms with van der Waals surface area (Å²) in [6, 6.07) is 9.53. The summed E-state index contributed by atoms with van der Waals surface area (Å²) in [7, 11) is 0. The fourth-order valence-electron chi connectivity index (χ4n) is 2.39. The van der Waals surface area contributed by atoms with Crippen molar-refractivity contribution in [2.45, 2.75) is 32.2 Å². The number of hydrogen-bond donors (Lipinski definition) is 2. The van der Waals surface area contributed by atoms with Gasteiger partial charge in [0.2, 0.25) is 5.91 Å². The van der Waals surface area contributed by atoms with Crippen LogP contribution in [-0.4, -0.2) is 24.0 Å². The van der Waals surface area contributed by atoms with Crippen LogP contribution in [-0.2, 0) is 4.79 Å². The summed E-state index contributed by atoms with van der Waals surface area (Å²) >= 11 is 0. The van der Waals surface area contributed by atoms with Crippen molar-refractivity contribution in [2.75, 3.05) is 13.1 Å². The molecule has 1 amide bonds. The molecule has 3 N–H and O–H groups in total. The van der Waals surface area contributed by atoms with E-state index in [4.69, 9.17) is 5.73 Å². The smallest absolute Gasteiger partial charge is 0.239 e. The van der Waals surface area contributed by atoms with Crippen molar-refractivity contribution in [3.8, 4) is 0 Å². The molecule has 0 bridgehead atoms. The highest BCUT2D eigenvalue weighted by Gasteiger charge is 2.24. The van der Waals surface area contributed by atoms with Gasteiger partial charge in [-0.2, -0.15) is 0 Å². The van der Waals surface area contributed by atoms with Gasteiger partial charge in [-0.05, 0) is 18.4 Å². The van der Waals surface area contributed by atoms with Gasteiger partial charge < -0.3 is 5.73 Å². The number of nitrogens with zero attached hydrogens (tertiary/aromatic N) is 1. The first-order chi connectivity index (χ1) is 9.18. The third kappa shape index (κ3) is 3.78. The number of carbonyl (C=O) groups is 1. The Kier molecular flexibility index (Phi) is 4.93. The zero-order valence-electron chi connectivity index (χ0n) is 11.5. The first kappa shape index (κ1) is 14.0. The molecule has 104 valence electrons. The Morgan fingerprint density at radius 2 is 1.84 bits per heavy atom. The SMILES string of the molecule is CC(C(=O)NN1CCCCC1)C(N)c1ccccc1. The number of hydrogen-bond acceptors (Lipinski definition) is 3. The van der Waals surface area contributed by atoms with Crippen LogP contribution in [0.1, 0.15) is 37.8 Å². The lowest BCUT2D eigenvalue weighted by atomic mass is 9.95. The van der Waals surface area contributed by atoms with Crippen LogP contribution in [0.15, 0.2) is 30.3 Å². The van der Waals surface area contributed by atoms with Gasteiger partial charge >= 0.3 is 0 Å². The van der Waals surface area contributed by atoms with Crippen LogP contribution in [0.25, 0.3) is 0 Å². The molecular weight excluding hydrogens is 238 g/mol. The maximum atomic E-state index is 12.2. The van der Waals surface area contributed by atoms with Gasteiger partial charge in [0, 0.05) is 19.1 Å². The average molecular weight is 261 g/mol. The zero-order chi connectivity index (χ0) is 13.7. The van der Waals surface area contributed by atoms with E-state index in [1.54, 1.807) is 0 Å². The minimum Gasteiger partial charge on any atom is -0.323 e. The molecule has 4 heteroatoms. The molecule has 0 saturated carbocycles. The quantitative estimate of drug-likeness (QED) is 0.869. The molecule has 2 atom stereocenters. The first-order valence-corrected chi connectivity index (χ1v) is 7.04. The number of amides is 1. The fourth-order valence-corrected chi connectivity index (χ4v) is 2.39. The fraction of sp³-hybridized carbons (Fsp3) is 0.533. The minimum absolute atomic E-state index is 0.0123. The van der Waals surface area contributed by atoms with Crippen LogP contribution in [0.4, 0.5) is 0 Å². The van der Waals surface area contributed by atoms with E-state index < -0.39 is 0 Å². The molecule has 4 nitrogen and oxygen atoms in total. The molecule has 1 aromatic carbocycles. The number of nitrogens with one attached hydrogen (secondary N) is 1. The Labute approximate surface area is 114 Å². The van der Waals surface area contributed by atoms with E-state index in [9.17, 15) is 4.79 Å². The lowest BCUT2D eigenvalue weighted by molar-refractivity contribution is -0.130. The monoisotopic (exact) mass is 261 g/mol. The minimum atomic E-state index is -0.258. The average Bonchev–Trinajstić information content (AvgIpc) is 2.47. The maximum Gasteiger partial charge on any atom is 0.239 e. The van der Waals surface area contributed by atoms with E-state index in [0.29, 0.717) is 0 Å². The summed E-state index contributed by atoms with van der Waals surface area (Å²) in [6.45, 7) is 3.77. The zero-order valence-corrected chi connectivity index (χ0v) is 11.5. The number of nitrogens with two attached hydrogens (primary N) is 1. The molecule has 19 heavy (non-hydrogen) atoms. The molecule has 1 aliphatic heterocycles. The van der Waals surface area contributed by atoms with Gasteiger partial charge in [0.1, 0.15) is 0 Å². The molecular formula is C15H23N3O. The summed E-state index contributed by atoms with van der Waals surface area (Å²) in [5.41, 5.74) is 10.2. The molecule has 0 radical (unpaired) electrons. The van der Waals surface area contributed by atoms with Crippen molar-refractivity contribution in [3.05, 3.63) is 35.9 Å². The van der Waals surface area contributed by atoms with Gasteiger partial charge in [-0.15, -0.1) is 0 Å². The lowest BCUT2D eigenvalue weighted by Crippen LogP contribution is -2.48. The Bertz CT molecular complexity index is 401. The second-order valence-electron chi connectivity index (χ2n) is 5.25. The Hall–Kier alpha value is -1.39. The normalized spacial score (nSPS) is 19.7. The van der Waals surface area contributed by atoms with Gasteiger partial charge in [-0.3, -0.25) is 10.2 Å². The van der Waals surface area contributed by atoms with Crippen molar-refractivity contribution in [2.24, 2.45) is 11.7 Å². The molecule has 1 aliphatic rings. The lowest BCUT2D eigenvalue weighted by Gasteiger charge is -2.29. The molecule has 0 aromatic heterocycles. The maximum absolute atomic E-state index is 12.2. The summed E-state index contributed by atoms with van der Waals surface area (Å²) in [5, 5.41) is 2.01. The number of rotatable bonds is 4. The van der Waals surface area contributed by atoms with E-state index in [1.165, 1.54) is 6.42 Å². The van der Waals surface area contributed by atoms with E-state index >= 15 is 0 Å². The number of piperidine rings is 1. The van der Waals surface area contributed by atoms with Crippen LogP contribution in [0.2, 0.25) is 0 Å². The topological polar surface area (TPSA) is 58.4 Å². The largest absolute Gasteiger partial charge is 0.323 e. The van der Waals surface area contributed by atoms with Crippen molar-refractivity contribution >= 4 is 5.91 Å². The number of carbonyl (C=O) groups excluding carboxylic acids is 1. The van der Waals surface area contributed by atoms with Crippen LogP contribution in [0, 0.1) is 5.92 Å². The highest BCUT2D eigenvalue weighted by atomic mass is 16.2. The van der Waals surface area contributed by atoms with E-state index in [1.807, 2.05) is 42.3 Å². The van der Waals surface area contributed by atoms with Crippen LogP contribution < -0.4 is 11.2 Å². The Morgan fingerprint density at radius 1 is 1.21 bits per heavy atom. The second-order valence-corrected chi connectivity index (χ2v) is 5.25. The van der Waals surface area contributed by atoms with Gasteiger partial charge in [0.15, 0.2) is 0 Å². The van der Waals surface area contributed by atoms with E-state index in [0.717, 1.165) is 31.5 Å². The Morgan fingerprint density at radius 3 is 2.47 bits per heavy atom. The summed E-state index contributed by atoms with van der Waals surface area (Å²) in [5.74, 6) is -0.220. The molecule has 0 aliphatic carbocycles. The van der Waals surface area contributed by atoms with Crippen molar-refractivity contribution in [1.82, 2.24) is 10.4 Å². The van der Waals surface area contributed by atoms with Crippen LogP contribution in [0.3, 0.4) is 0 Å². The third-order valence-corrected chi connectivity index (χ3v) is 3.76. The molecule has 2 rings (SSSR count). The van der Waals surface area contributed by atoms with Crippen molar-refractivity contribution in [1.29, 1.82) is 0 Å². The molecule has 1 aromatic rings. The predicted molar refractivity (Wildman–Crippen MR) is 76.1 cm³/mol. The second kappa shape index (κ2) is 6.68. The van der Waals surface area contributed by atoms with Crippen LogP contribution in [0.5, 0.6) is 0 Å². The molecule has 2 unspecified atom stereocenters. The summed E-state index contributed by atoms with van der Waals surface area (Å²) < 4.78 is 0. The summed E-state index contributed by atoms with van der Waals surface area (Å²) in [4.78, 5) is 12.2. The van der Waals surface area contributed by atoms with Gasteiger partial charge in [0.25, 0.3) is 0 Å². The molecule has 0 spiro atoms. The molecule has 1 saturated heterocycles. The third-order valence-electron chi connectivity index (χ3n) is 3.76. The number of hydrazine groups is 1. The molecule has 1 heterocycles. The van der Waals surface area contributed by atoms with Gasteiger partial charge in [0.05, 0.1) is 5.92 Å². The Balaban J connectivity index is 1.91. The molecule has 1 fully saturated rings.